The smallest absolute Gasteiger partial charge is 0.265 e. The van der Waals surface area contributed by atoms with E-state index in [1.807, 2.05) is 53.9 Å². The van der Waals surface area contributed by atoms with E-state index in [-0.39, 0.29) is 22.2 Å². The van der Waals surface area contributed by atoms with Crippen molar-refractivity contribution >= 4 is 65.3 Å². The SMILES string of the molecule is CCCCCCCCCCCCC(CCCCCCCCCC)Cc1csc(C)c1.CCCCCCCCn1c(=O)c(Br)cc2c1cc(Br)c(=O)n2CCCCCCCC.CCCCCCCCn1c(=O)ccc2c1ccc(=O)n2CCCCCCCC. The lowest BCUT2D eigenvalue weighted by atomic mass is 9.89. The fraction of sp³-hybridized carbons (Fsp3) is 0.740. The molecule has 11 heteroatoms. The first-order valence-electron chi connectivity index (χ1n) is 36.9. The summed E-state index contributed by atoms with van der Waals surface area (Å²) in [7, 11) is 0. The average Bonchev–Trinajstić information content (AvgIpc) is 1.60. The summed E-state index contributed by atoms with van der Waals surface area (Å²) < 4.78 is 8.43. The van der Waals surface area contributed by atoms with Crippen LogP contribution in [0.15, 0.2) is 76.0 Å². The van der Waals surface area contributed by atoms with E-state index in [0.29, 0.717) is 22.0 Å². The van der Waals surface area contributed by atoms with E-state index in [1.165, 1.54) is 242 Å². The van der Waals surface area contributed by atoms with Gasteiger partial charge >= 0.3 is 0 Å². The number of nitrogens with zero attached hydrogens (tertiary/aromatic N) is 4. The van der Waals surface area contributed by atoms with E-state index in [1.54, 1.807) is 17.7 Å². The molecule has 1 unspecified atom stereocenters. The van der Waals surface area contributed by atoms with Crippen molar-refractivity contribution in [2.24, 2.45) is 5.92 Å². The highest BCUT2D eigenvalue weighted by Gasteiger charge is 2.16. The van der Waals surface area contributed by atoms with Gasteiger partial charge < -0.3 is 18.3 Å². The first kappa shape index (κ1) is 79.2. The van der Waals surface area contributed by atoms with Gasteiger partial charge in [0.15, 0.2) is 0 Å². The highest BCUT2D eigenvalue weighted by Crippen LogP contribution is 2.27. The van der Waals surface area contributed by atoms with E-state index < -0.39 is 0 Å². The maximum Gasteiger partial charge on any atom is 0.265 e. The first-order valence-corrected chi connectivity index (χ1v) is 39.3. The van der Waals surface area contributed by atoms with Crippen LogP contribution in [0, 0.1) is 12.8 Å². The van der Waals surface area contributed by atoms with Gasteiger partial charge in [-0.05, 0) is 118 Å². The number of hydrogen-bond donors (Lipinski definition) is 0. The van der Waals surface area contributed by atoms with E-state index in [0.717, 1.165) is 92.4 Å². The third-order valence-corrected chi connectivity index (χ3v) is 20.1. The van der Waals surface area contributed by atoms with Crippen LogP contribution in [-0.2, 0) is 32.6 Å². The third-order valence-electron chi connectivity index (χ3n) is 18.1. The second kappa shape index (κ2) is 51.5. The van der Waals surface area contributed by atoms with Crippen molar-refractivity contribution in [3.05, 3.63) is 109 Å². The summed E-state index contributed by atoms with van der Waals surface area (Å²) in [5, 5.41) is 2.41. The van der Waals surface area contributed by atoms with Crippen LogP contribution >= 0.6 is 43.2 Å². The van der Waals surface area contributed by atoms with E-state index >= 15 is 0 Å². The minimum Gasteiger partial charge on any atom is -0.307 e. The molecule has 0 fully saturated rings. The summed E-state index contributed by atoms with van der Waals surface area (Å²) in [5.74, 6) is 0.924. The molecule has 8 nitrogen and oxygen atoms in total. The molecular weight excluding hydrogens is 1240 g/mol. The van der Waals surface area contributed by atoms with Crippen molar-refractivity contribution < 1.29 is 0 Å². The van der Waals surface area contributed by atoms with Gasteiger partial charge in [0.05, 0.1) is 31.0 Å². The van der Waals surface area contributed by atoms with Crippen molar-refractivity contribution in [3.63, 3.8) is 0 Å². The third kappa shape index (κ3) is 33.0. The van der Waals surface area contributed by atoms with Crippen molar-refractivity contribution in [3.8, 4) is 0 Å². The predicted octanol–water partition coefficient (Wildman–Crippen LogP) is 24.4. The molecule has 0 N–H and O–H groups in total. The second-order valence-corrected chi connectivity index (χ2v) is 28.9. The molecule has 1 atom stereocenters. The van der Waals surface area contributed by atoms with Gasteiger partial charge in [0.2, 0.25) is 0 Å². The Hall–Kier alpha value is -3.02. The van der Waals surface area contributed by atoms with E-state index in [9.17, 15) is 19.2 Å². The van der Waals surface area contributed by atoms with Crippen molar-refractivity contribution in [2.75, 3.05) is 0 Å². The normalized spacial score (nSPS) is 11.8. The van der Waals surface area contributed by atoms with Gasteiger partial charge in [-0.3, -0.25) is 19.2 Å². The Bertz CT molecular complexity index is 2650. The summed E-state index contributed by atoms with van der Waals surface area (Å²) in [6.45, 7) is 18.6. The standard InChI is InChI=1S/C29H54S.C24H36Br2N2O2.C24H38N2O2/c1-4-6-8-10-12-14-15-17-19-21-23-28(25-29-24-27(3)30-26-29)22-20-18-16-13-11-9-7-5-2;1-3-5-7-9-11-13-15-27-21-17-20(26)24(30)28(16-14-12-10-8-6-4-2)22(21)18-19(25)23(27)29;1-3-5-7-9-11-13-19-25-21-15-18-24(28)26(22(21)16-17-23(25)27)20-14-12-10-8-6-4-2/h24,26,28H,4-23,25H2,1-3H3;17-18H,3-16H2,1-2H3;15-18H,3-14,19-20H2,1-2H3. The molecule has 0 aliphatic rings. The van der Waals surface area contributed by atoms with Gasteiger partial charge in [-0.1, -0.05) is 298 Å². The van der Waals surface area contributed by atoms with Crippen molar-refractivity contribution in [1.82, 2.24) is 18.3 Å². The van der Waals surface area contributed by atoms with Crippen LogP contribution in [0.4, 0.5) is 0 Å². The molecule has 88 heavy (non-hydrogen) atoms. The van der Waals surface area contributed by atoms with Gasteiger partial charge in [0.25, 0.3) is 22.2 Å². The largest absolute Gasteiger partial charge is 0.307 e. The zero-order valence-corrected chi connectivity index (χ0v) is 61.4. The Kier molecular flexibility index (Phi) is 46.3. The molecule has 5 aromatic heterocycles. The van der Waals surface area contributed by atoms with Gasteiger partial charge in [-0.2, -0.15) is 0 Å². The second-order valence-electron chi connectivity index (χ2n) is 26.0. The molecule has 0 amide bonds. The summed E-state index contributed by atoms with van der Waals surface area (Å²) >= 11 is 8.81. The molecule has 5 heterocycles. The molecule has 0 saturated carbocycles. The van der Waals surface area contributed by atoms with Crippen LogP contribution in [-0.4, -0.2) is 18.3 Å². The number of aromatic nitrogens is 4. The van der Waals surface area contributed by atoms with Gasteiger partial charge in [-0.15, -0.1) is 11.3 Å². The number of halogens is 2. The number of pyridine rings is 4. The van der Waals surface area contributed by atoms with E-state index in [4.69, 9.17) is 0 Å². The Labute approximate surface area is 557 Å². The van der Waals surface area contributed by atoms with Gasteiger partial charge in [0.1, 0.15) is 0 Å². The zero-order valence-electron chi connectivity index (χ0n) is 57.4. The molecular formula is C77H128Br2N4O4S. The van der Waals surface area contributed by atoms with Crippen LogP contribution in [0.1, 0.15) is 334 Å². The molecule has 0 saturated heterocycles. The predicted molar refractivity (Wildman–Crippen MR) is 394 cm³/mol. The van der Waals surface area contributed by atoms with E-state index in [2.05, 4.69) is 91.8 Å². The van der Waals surface area contributed by atoms with Gasteiger partial charge in [-0.25, -0.2) is 0 Å². The molecule has 5 rings (SSSR count). The lowest BCUT2D eigenvalue weighted by Gasteiger charge is -2.16. The first-order chi connectivity index (χ1) is 42.9. The van der Waals surface area contributed by atoms with Crippen LogP contribution in [0.5, 0.6) is 0 Å². The molecule has 500 valence electrons. The van der Waals surface area contributed by atoms with Crippen LogP contribution < -0.4 is 22.2 Å². The molecule has 0 bridgehead atoms. The topological polar surface area (TPSA) is 88.0 Å². The number of hydrogen-bond acceptors (Lipinski definition) is 5. The lowest BCUT2D eigenvalue weighted by molar-refractivity contribution is 0.400. The monoisotopic (exact) mass is 1360 g/mol. The average molecular weight is 1370 g/mol. The maximum atomic E-state index is 12.8. The molecule has 0 radical (unpaired) electrons. The highest BCUT2D eigenvalue weighted by molar-refractivity contribution is 9.10. The van der Waals surface area contributed by atoms with Crippen molar-refractivity contribution in [1.29, 1.82) is 0 Å². The fourth-order valence-electron chi connectivity index (χ4n) is 12.6. The number of unbranched alkanes of at least 4 members (excludes halogenated alkanes) is 36. The maximum absolute atomic E-state index is 12.8. The lowest BCUT2D eigenvalue weighted by Crippen LogP contribution is -2.27. The van der Waals surface area contributed by atoms with Crippen LogP contribution in [0.3, 0.4) is 0 Å². The highest BCUT2D eigenvalue weighted by atomic mass is 79.9. The zero-order chi connectivity index (χ0) is 63.8. The Morgan fingerprint density at radius 3 is 0.898 bits per heavy atom. The Morgan fingerprint density at radius 1 is 0.341 bits per heavy atom. The Morgan fingerprint density at radius 2 is 0.614 bits per heavy atom. The molecule has 0 aliphatic carbocycles. The fourth-order valence-corrected chi connectivity index (χ4v) is 14.2. The van der Waals surface area contributed by atoms with Gasteiger partial charge in [0, 0.05) is 43.2 Å². The molecule has 0 spiro atoms. The number of fused-ring (bicyclic) bond motifs is 2. The summed E-state index contributed by atoms with van der Waals surface area (Å²) in [5.41, 5.74) is 5.10. The summed E-state index contributed by atoms with van der Waals surface area (Å²) in [6.07, 6.45) is 58.9. The number of aryl methyl sites for hydroxylation is 5. The van der Waals surface area contributed by atoms with Crippen molar-refractivity contribution in [2.45, 2.75) is 364 Å². The Balaban J connectivity index is 0.000000345. The van der Waals surface area contributed by atoms with Crippen LogP contribution in [0.2, 0.25) is 0 Å². The molecule has 5 aromatic rings. The number of rotatable bonds is 50. The summed E-state index contributed by atoms with van der Waals surface area (Å²) in [4.78, 5) is 52.0. The quantitative estimate of drug-likeness (QED) is 0.0363. The molecule has 0 aliphatic heterocycles. The number of thiophene rings is 1. The van der Waals surface area contributed by atoms with Crippen LogP contribution in [0.25, 0.3) is 22.1 Å². The summed E-state index contributed by atoms with van der Waals surface area (Å²) in [6, 6.07) is 13.0. The minimum absolute atomic E-state index is 0.0206. The molecule has 0 aromatic carbocycles. The minimum atomic E-state index is -0.0206.